The van der Waals surface area contributed by atoms with Gasteiger partial charge in [-0.2, -0.15) is 0 Å². The summed E-state index contributed by atoms with van der Waals surface area (Å²) in [7, 11) is 0. The Balaban J connectivity index is 4.72. The number of carbonyl (C=O) groups is 2. The molecule has 0 saturated carbocycles. The smallest absolute Gasteiger partial charge is 0.224 e. The Morgan fingerprint density at radius 3 is 0.854 bits per heavy atom. The summed E-state index contributed by atoms with van der Waals surface area (Å²) in [5.41, 5.74) is 0. The maximum Gasteiger partial charge on any atom is 0.224 e. The lowest BCUT2D eigenvalue weighted by Crippen LogP contribution is -2.60. The monoisotopic (exact) mass is 683 g/mol. The molecule has 286 valence electrons. The van der Waals surface area contributed by atoms with E-state index < -0.39 is 24.5 Å². The maximum absolute atomic E-state index is 13.5. The number of aliphatic hydroxyl groups excluding tert-OH is 3. The number of hydrogen-bond donors (Lipinski definition) is 3. The zero-order valence-corrected chi connectivity index (χ0v) is 32.6. The van der Waals surface area contributed by atoms with Crippen LogP contribution in [0.5, 0.6) is 0 Å². The molecule has 3 atom stereocenters. The molecule has 0 saturated heterocycles. The Labute approximate surface area is 298 Å². The molecule has 2 amide bonds. The largest absolute Gasteiger partial charge is 0.392 e. The zero-order chi connectivity index (χ0) is 35.8. The summed E-state index contributed by atoms with van der Waals surface area (Å²) in [6.07, 6.45) is 29.0. The Morgan fingerprint density at radius 2 is 0.646 bits per heavy atom. The van der Waals surface area contributed by atoms with Gasteiger partial charge in [0.15, 0.2) is 0 Å². The van der Waals surface area contributed by atoms with Crippen molar-refractivity contribution in [1.29, 1.82) is 0 Å². The first-order chi connectivity index (χ1) is 23.1. The standard InChI is InChI=1S/C41H82N2O5/c1-6-8-10-12-14-16-18-20-22-24-26-28-30-32-39(47)42(34-36(3)44)41(38(5)46)43(35-37(4)45)40(48)33-31-29-27-25-23-21-19-17-15-13-11-9-7-2/h36-38,41,44-46H,6-35H2,1-5H3. The van der Waals surface area contributed by atoms with E-state index in [1.165, 1.54) is 138 Å². The highest BCUT2D eigenvalue weighted by molar-refractivity contribution is 5.79. The van der Waals surface area contributed by atoms with Gasteiger partial charge in [-0.25, -0.2) is 0 Å². The molecule has 48 heavy (non-hydrogen) atoms. The molecular weight excluding hydrogens is 600 g/mol. The number of aliphatic hydroxyl groups is 3. The van der Waals surface area contributed by atoms with Gasteiger partial charge in [0.2, 0.25) is 11.8 Å². The topological polar surface area (TPSA) is 101 Å². The van der Waals surface area contributed by atoms with Gasteiger partial charge >= 0.3 is 0 Å². The lowest BCUT2D eigenvalue weighted by Gasteiger charge is -2.42. The molecule has 0 heterocycles. The van der Waals surface area contributed by atoms with E-state index in [-0.39, 0.29) is 24.9 Å². The molecule has 7 nitrogen and oxygen atoms in total. The van der Waals surface area contributed by atoms with Crippen LogP contribution in [-0.2, 0) is 9.59 Å². The van der Waals surface area contributed by atoms with E-state index in [1.54, 1.807) is 20.8 Å². The molecule has 0 aliphatic rings. The van der Waals surface area contributed by atoms with Crippen molar-refractivity contribution in [2.24, 2.45) is 0 Å². The molecule has 0 spiro atoms. The summed E-state index contributed by atoms with van der Waals surface area (Å²) in [6.45, 7) is 9.42. The SMILES string of the molecule is CCCCCCCCCCCCCCCC(=O)N(CC(C)O)C(C(C)O)N(CC(C)O)C(=O)CCCCCCCCCCCCCCC. The van der Waals surface area contributed by atoms with E-state index in [9.17, 15) is 24.9 Å². The minimum absolute atomic E-state index is 0.0369. The van der Waals surface area contributed by atoms with Gasteiger partial charge in [-0.3, -0.25) is 9.59 Å². The van der Waals surface area contributed by atoms with Crippen molar-refractivity contribution in [3.8, 4) is 0 Å². The van der Waals surface area contributed by atoms with Crippen molar-refractivity contribution in [2.75, 3.05) is 13.1 Å². The molecule has 0 aromatic carbocycles. The predicted molar refractivity (Wildman–Crippen MR) is 203 cm³/mol. The second-order valence-corrected chi connectivity index (χ2v) is 14.9. The Morgan fingerprint density at radius 1 is 0.417 bits per heavy atom. The first kappa shape index (κ1) is 46.8. The van der Waals surface area contributed by atoms with Crippen molar-refractivity contribution in [1.82, 2.24) is 9.80 Å². The molecule has 0 bridgehead atoms. The Kier molecular flexibility index (Phi) is 32.2. The van der Waals surface area contributed by atoms with Crippen LogP contribution in [-0.4, -0.2) is 74.5 Å². The number of rotatable bonds is 35. The fourth-order valence-electron chi connectivity index (χ4n) is 6.85. The molecule has 3 N–H and O–H groups in total. The lowest BCUT2D eigenvalue weighted by molar-refractivity contribution is -0.157. The Hall–Kier alpha value is -1.18. The second-order valence-electron chi connectivity index (χ2n) is 14.9. The molecule has 0 rings (SSSR count). The molecule has 0 fully saturated rings. The van der Waals surface area contributed by atoms with Gasteiger partial charge in [0.1, 0.15) is 6.17 Å². The first-order valence-electron chi connectivity index (χ1n) is 20.8. The van der Waals surface area contributed by atoms with Crippen molar-refractivity contribution in [3.63, 3.8) is 0 Å². The quantitative estimate of drug-likeness (QED) is 0.0456. The van der Waals surface area contributed by atoms with E-state index >= 15 is 0 Å². The number of unbranched alkanes of at least 4 members (excludes halogenated alkanes) is 24. The summed E-state index contributed by atoms with van der Waals surface area (Å²) >= 11 is 0. The van der Waals surface area contributed by atoms with Gasteiger partial charge in [-0.1, -0.05) is 168 Å². The molecular formula is C41H82N2O5. The molecule has 0 aromatic heterocycles. The zero-order valence-electron chi connectivity index (χ0n) is 32.6. The van der Waals surface area contributed by atoms with Crippen LogP contribution in [0.3, 0.4) is 0 Å². The van der Waals surface area contributed by atoms with E-state index in [1.807, 2.05) is 0 Å². The molecule has 0 aliphatic carbocycles. The van der Waals surface area contributed by atoms with E-state index in [2.05, 4.69) is 13.8 Å². The molecule has 0 aromatic rings. The summed E-state index contributed by atoms with van der Waals surface area (Å²) in [6, 6.07) is 0. The van der Waals surface area contributed by atoms with Gasteiger partial charge in [0.25, 0.3) is 0 Å². The molecule has 0 radical (unpaired) electrons. The number of carbonyl (C=O) groups excluding carboxylic acids is 2. The normalized spacial score (nSPS) is 14.1. The van der Waals surface area contributed by atoms with Crippen LogP contribution < -0.4 is 0 Å². The average Bonchev–Trinajstić information content (AvgIpc) is 3.03. The van der Waals surface area contributed by atoms with Gasteiger partial charge in [0.05, 0.1) is 18.3 Å². The molecule has 7 heteroatoms. The predicted octanol–water partition coefficient (Wildman–Crippen LogP) is 10.1. The van der Waals surface area contributed by atoms with Crippen molar-refractivity contribution < 1.29 is 24.9 Å². The van der Waals surface area contributed by atoms with Crippen LogP contribution in [0.25, 0.3) is 0 Å². The highest BCUT2D eigenvalue weighted by Crippen LogP contribution is 2.20. The van der Waals surface area contributed by atoms with Crippen LogP contribution >= 0.6 is 0 Å². The first-order valence-corrected chi connectivity index (χ1v) is 20.8. The summed E-state index contributed by atoms with van der Waals surface area (Å²) in [4.78, 5) is 30.0. The van der Waals surface area contributed by atoms with Crippen LogP contribution in [0.2, 0.25) is 0 Å². The minimum atomic E-state index is -1.02. The number of amides is 2. The average molecular weight is 683 g/mol. The van der Waals surface area contributed by atoms with Gasteiger partial charge in [0, 0.05) is 25.9 Å². The van der Waals surface area contributed by atoms with Crippen molar-refractivity contribution in [2.45, 2.75) is 239 Å². The van der Waals surface area contributed by atoms with Crippen LogP contribution in [0.1, 0.15) is 214 Å². The van der Waals surface area contributed by atoms with Crippen LogP contribution in [0.15, 0.2) is 0 Å². The van der Waals surface area contributed by atoms with Crippen LogP contribution in [0, 0.1) is 0 Å². The van der Waals surface area contributed by atoms with Gasteiger partial charge < -0.3 is 25.1 Å². The summed E-state index contributed by atoms with van der Waals surface area (Å²) < 4.78 is 0. The number of nitrogens with zero attached hydrogens (tertiary/aromatic N) is 2. The van der Waals surface area contributed by atoms with Crippen LogP contribution in [0.4, 0.5) is 0 Å². The van der Waals surface area contributed by atoms with E-state index in [0.717, 1.165) is 38.5 Å². The summed E-state index contributed by atoms with van der Waals surface area (Å²) in [5.74, 6) is -0.316. The van der Waals surface area contributed by atoms with E-state index in [0.29, 0.717) is 12.8 Å². The second kappa shape index (κ2) is 33.0. The lowest BCUT2D eigenvalue weighted by atomic mass is 10.0. The summed E-state index contributed by atoms with van der Waals surface area (Å²) in [5, 5.41) is 31.5. The highest BCUT2D eigenvalue weighted by atomic mass is 16.3. The van der Waals surface area contributed by atoms with Crippen molar-refractivity contribution in [3.05, 3.63) is 0 Å². The number of hydrogen-bond acceptors (Lipinski definition) is 5. The molecule has 3 unspecified atom stereocenters. The third kappa shape index (κ3) is 26.7. The van der Waals surface area contributed by atoms with Gasteiger partial charge in [-0.15, -0.1) is 0 Å². The van der Waals surface area contributed by atoms with Gasteiger partial charge in [-0.05, 0) is 33.6 Å². The highest BCUT2D eigenvalue weighted by Gasteiger charge is 2.36. The van der Waals surface area contributed by atoms with Crippen molar-refractivity contribution >= 4 is 11.8 Å². The fraction of sp³-hybridized carbons (Fsp3) is 0.951. The minimum Gasteiger partial charge on any atom is -0.392 e. The van der Waals surface area contributed by atoms with E-state index in [4.69, 9.17) is 0 Å². The Bertz CT molecular complexity index is 674. The molecule has 0 aliphatic heterocycles. The maximum atomic E-state index is 13.5. The third-order valence-corrected chi connectivity index (χ3v) is 9.62. The fourth-order valence-corrected chi connectivity index (χ4v) is 6.85. The third-order valence-electron chi connectivity index (χ3n) is 9.62.